The van der Waals surface area contributed by atoms with Crippen LogP contribution >= 0.6 is 11.6 Å². The number of hydrogen-bond acceptors (Lipinski definition) is 7. The lowest BCUT2D eigenvalue weighted by molar-refractivity contribution is 0.0351. The van der Waals surface area contributed by atoms with Crippen molar-refractivity contribution < 1.29 is 32.2 Å². The summed E-state index contributed by atoms with van der Waals surface area (Å²) in [7, 11) is -0.324. The number of aryl methyl sites for hydroxylation is 3. The fourth-order valence-corrected chi connectivity index (χ4v) is 9.39. The molecule has 7 rings (SSSR count). The van der Waals surface area contributed by atoms with Gasteiger partial charge in [0.2, 0.25) is 10.0 Å². The van der Waals surface area contributed by atoms with Crippen molar-refractivity contribution in [1.29, 1.82) is 0 Å². The number of morpholine rings is 1. The number of sulfonamides is 1. The highest BCUT2D eigenvalue weighted by molar-refractivity contribution is 7.89. The third kappa shape index (κ3) is 6.80. The van der Waals surface area contributed by atoms with Crippen LogP contribution in [0.5, 0.6) is 5.75 Å². The Bertz CT molecular complexity index is 2270. The van der Waals surface area contributed by atoms with Crippen molar-refractivity contribution >= 4 is 49.3 Å². The summed E-state index contributed by atoms with van der Waals surface area (Å²) < 4.78 is 58.4. The minimum absolute atomic E-state index is 0.108. The molecule has 2 aromatic heterocycles. The third-order valence-electron chi connectivity index (χ3n) is 10.5. The third-order valence-corrected chi connectivity index (χ3v) is 12.8. The van der Waals surface area contributed by atoms with E-state index in [2.05, 4.69) is 4.90 Å². The van der Waals surface area contributed by atoms with E-state index in [0.29, 0.717) is 84.3 Å². The van der Waals surface area contributed by atoms with Crippen molar-refractivity contribution in [2.75, 3.05) is 52.3 Å². The summed E-state index contributed by atoms with van der Waals surface area (Å²) in [6.45, 7) is 5.84. The van der Waals surface area contributed by atoms with Crippen molar-refractivity contribution in [3.8, 4) is 16.9 Å². The minimum Gasteiger partial charge on any atom is -0.493 e. The molecule has 0 aliphatic carbocycles. The Kier molecular flexibility index (Phi) is 10.3. The number of aromatic carboxylic acids is 1. The fourth-order valence-electron chi connectivity index (χ4n) is 7.77. The van der Waals surface area contributed by atoms with Gasteiger partial charge in [-0.05, 0) is 73.9 Å². The van der Waals surface area contributed by atoms with Crippen molar-refractivity contribution in [2.24, 2.45) is 7.05 Å². The number of carbonyl (C=O) groups is 1. The number of carboxylic acids is 1. The van der Waals surface area contributed by atoms with Crippen LogP contribution in [0.15, 0.2) is 48.5 Å². The summed E-state index contributed by atoms with van der Waals surface area (Å²) in [5.41, 5.74) is 4.14. The van der Waals surface area contributed by atoms with Gasteiger partial charge in [-0.2, -0.15) is 9.40 Å². The van der Waals surface area contributed by atoms with E-state index in [1.807, 2.05) is 38.2 Å². The van der Waals surface area contributed by atoms with E-state index in [9.17, 15) is 22.7 Å². The second-order valence-electron chi connectivity index (χ2n) is 13.6. The first kappa shape index (κ1) is 36.4. The van der Waals surface area contributed by atoms with Crippen LogP contribution in [0.4, 0.5) is 4.39 Å². The van der Waals surface area contributed by atoms with Crippen molar-refractivity contribution in [3.63, 3.8) is 0 Å². The van der Waals surface area contributed by atoms with E-state index >= 15 is 0 Å². The summed E-state index contributed by atoms with van der Waals surface area (Å²) in [5.74, 6) is -0.970. The van der Waals surface area contributed by atoms with Crippen LogP contribution in [0.3, 0.4) is 0 Å². The van der Waals surface area contributed by atoms with Gasteiger partial charge in [-0.3, -0.25) is 9.58 Å². The van der Waals surface area contributed by atoms with Crippen molar-refractivity contribution in [2.45, 2.75) is 45.2 Å². The summed E-state index contributed by atoms with van der Waals surface area (Å²) in [5, 5.41) is 18.4. The van der Waals surface area contributed by atoms with Crippen molar-refractivity contribution in [3.05, 3.63) is 82.0 Å². The molecule has 0 amide bonds. The van der Waals surface area contributed by atoms with Crippen LogP contribution in [0.2, 0.25) is 5.02 Å². The van der Waals surface area contributed by atoms with E-state index in [-0.39, 0.29) is 30.2 Å². The highest BCUT2D eigenvalue weighted by atomic mass is 35.5. The number of fused-ring (bicyclic) bond motifs is 3. The highest BCUT2D eigenvalue weighted by Crippen LogP contribution is 2.45. The first-order valence-corrected chi connectivity index (χ1v) is 19.6. The summed E-state index contributed by atoms with van der Waals surface area (Å²) in [6, 6.07) is 13.1. The molecule has 0 saturated carbocycles. The number of carboxylic acid groups (broad SMARTS) is 1. The molecule has 5 aromatic rings. The van der Waals surface area contributed by atoms with Gasteiger partial charge in [-0.25, -0.2) is 17.6 Å². The standard InChI is InChI=1S/C38H43ClFN5O6S/c1-24-33-34-30(39)13-12-29-28(8-5-19-51-32-9-4-7-25-23-26(40)10-11-27(25)32)37(38(46)47)45(36(29)34)15-6-22-52(48,49)43(3)31(35(33)41-42(24)2)14-16-44-17-20-50-21-18-44/h4,7,9-13,23,31H,5-6,8,14-22H2,1-3H3,(H,46,47). The number of aromatic nitrogens is 3. The molecule has 1 N–H and O–H groups in total. The zero-order valence-electron chi connectivity index (χ0n) is 29.6. The molecule has 3 aromatic carbocycles. The molecule has 4 heterocycles. The molecule has 0 radical (unpaired) electrons. The molecule has 1 saturated heterocycles. The van der Waals surface area contributed by atoms with E-state index in [1.54, 1.807) is 28.4 Å². The molecule has 276 valence electrons. The van der Waals surface area contributed by atoms with Gasteiger partial charge in [0.15, 0.2) is 0 Å². The SMILES string of the molecule is Cc1c2c(nn1C)C(CCN1CCOCC1)N(C)S(=O)(=O)CCCn1c(C(=O)O)c(CCCOc3cccc4cc(F)ccc34)c3ccc(Cl)c-2c31. The summed E-state index contributed by atoms with van der Waals surface area (Å²) in [4.78, 5) is 15.4. The number of halogens is 2. The second-order valence-corrected chi connectivity index (χ2v) is 16.1. The number of nitrogens with zero attached hydrogens (tertiary/aromatic N) is 5. The predicted octanol–water partition coefficient (Wildman–Crippen LogP) is 6.43. The predicted molar refractivity (Wildman–Crippen MR) is 199 cm³/mol. The van der Waals surface area contributed by atoms with Gasteiger partial charge in [0.05, 0.1) is 47.8 Å². The van der Waals surface area contributed by atoms with Gasteiger partial charge < -0.3 is 19.1 Å². The molecule has 14 heteroatoms. The summed E-state index contributed by atoms with van der Waals surface area (Å²) in [6.07, 6.45) is 1.58. The van der Waals surface area contributed by atoms with Gasteiger partial charge in [-0.15, -0.1) is 0 Å². The van der Waals surface area contributed by atoms with Crippen LogP contribution < -0.4 is 4.74 Å². The van der Waals surface area contributed by atoms with E-state index in [1.165, 1.54) is 16.4 Å². The molecule has 2 aliphatic rings. The van der Waals surface area contributed by atoms with E-state index in [4.69, 9.17) is 26.2 Å². The maximum absolute atomic E-state index is 14.0. The second kappa shape index (κ2) is 14.8. The van der Waals surface area contributed by atoms with Gasteiger partial charge in [-0.1, -0.05) is 29.8 Å². The Morgan fingerprint density at radius 2 is 1.85 bits per heavy atom. The largest absolute Gasteiger partial charge is 0.493 e. The Labute approximate surface area is 307 Å². The maximum atomic E-state index is 14.0. The minimum atomic E-state index is -3.77. The van der Waals surface area contributed by atoms with Crippen LogP contribution in [0.25, 0.3) is 32.8 Å². The Morgan fingerprint density at radius 1 is 1.08 bits per heavy atom. The molecule has 0 bridgehead atoms. The number of hydrogen-bond donors (Lipinski definition) is 1. The lowest BCUT2D eigenvalue weighted by Gasteiger charge is -2.31. The number of rotatable bonds is 9. The molecule has 52 heavy (non-hydrogen) atoms. The van der Waals surface area contributed by atoms with Gasteiger partial charge in [0.1, 0.15) is 17.3 Å². The Hall–Kier alpha value is -4.01. The van der Waals surface area contributed by atoms with Gasteiger partial charge >= 0.3 is 5.97 Å². The lowest BCUT2D eigenvalue weighted by atomic mass is 9.95. The summed E-state index contributed by atoms with van der Waals surface area (Å²) >= 11 is 7.12. The molecule has 11 nitrogen and oxygen atoms in total. The normalized spacial score (nSPS) is 18.4. The molecule has 1 atom stereocenters. The lowest BCUT2D eigenvalue weighted by Crippen LogP contribution is -2.40. The fraction of sp³-hybridized carbons (Fsp3) is 0.421. The number of ether oxygens (including phenoxy) is 2. The highest BCUT2D eigenvalue weighted by Gasteiger charge is 2.36. The quantitative estimate of drug-likeness (QED) is 0.171. The molecule has 1 fully saturated rings. The van der Waals surface area contributed by atoms with Crippen LogP contribution in [0, 0.1) is 12.7 Å². The smallest absolute Gasteiger partial charge is 0.352 e. The average Bonchev–Trinajstić information content (AvgIpc) is 3.58. The number of benzene rings is 3. The molecular formula is C38H43ClFN5O6S. The van der Waals surface area contributed by atoms with E-state index < -0.39 is 22.0 Å². The maximum Gasteiger partial charge on any atom is 0.352 e. The Morgan fingerprint density at radius 3 is 2.62 bits per heavy atom. The van der Waals surface area contributed by atoms with Gasteiger partial charge in [0, 0.05) is 67.9 Å². The van der Waals surface area contributed by atoms with Gasteiger partial charge in [0.25, 0.3) is 0 Å². The molecule has 0 spiro atoms. The van der Waals surface area contributed by atoms with Crippen LogP contribution in [-0.2, 0) is 34.8 Å². The average molecular weight is 752 g/mol. The topological polar surface area (TPSA) is 119 Å². The zero-order chi connectivity index (χ0) is 36.7. The first-order valence-electron chi connectivity index (χ1n) is 17.6. The molecule has 2 aliphatic heterocycles. The molecular weight excluding hydrogens is 709 g/mol. The van der Waals surface area contributed by atoms with E-state index in [0.717, 1.165) is 34.9 Å². The monoisotopic (exact) mass is 751 g/mol. The van der Waals surface area contributed by atoms with Crippen molar-refractivity contribution in [1.82, 2.24) is 23.6 Å². The zero-order valence-corrected chi connectivity index (χ0v) is 31.1. The van der Waals surface area contributed by atoms with Crippen LogP contribution in [-0.4, -0.2) is 95.3 Å². The molecule has 1 unspecified atom stereocenters. The first-order chi connectivity index (χ1) is 25.0. The Balaban J connectivity index is 1.32. The van der Waals surface area contributed by atoms with Crippen LogP contribution in [0.1, 0.15) is 52.7 Å².